The van der Waals surface area contributed by atoms with Gasteiger partial charge >= 0.3 is 5.97 Å². The lowest BCUT2D eigenvalue weighted by molar-refractivity contribution is -0.139. The summed E-state index contributed by atoms with van der Waals surface area (Å²) in [5.74, 6) is -1.37. The lowest BCUT2D eigenvalue weighted by atomic mass is 10.1. The highest BCUT2D eigenvalue weighted by Crippen LogP contribution is 2.17. The topological polar surface area (TPSA) is 88.8 Å². The van der Waals surface area contributed by atoms with Crippen molar-refractivity contribution >= 4 is 17.7 Å². The van der Waals surface area contributed by atoms with Crippen molar-refractivity contribution in [2.45, 2.75) is 19.4 Å². The Bertz CT molecular complexity index is 578. The molecule has 1 atom stereocenters. The maximum atomic E-state index is 12.6. The second-order valence-electron chi connectivity index (χ2n) is 5.11. The number of aromatic nitrogens is 1. The minimum Gasteiger partial charge on any atom is -0.481 e. The number of ether oxygens (including phenoxy) is 1. The van der Waals surface area contributed by atoms with Crippen LogP contribution in [0, 0.1) is 0 Å². The van der Waals surface area contributed by atoms with Crippen molar-refractivity contribution in [3.05, 3.63) is 23.5 Å². The minimum atomic E-state index is -0.973. The molecule has 0 aliphatic carbocycles. The smallest absolute Gasteiger partial charge is 0.305 e. The van der Waals surface area contributed by atoms with Gasteiger partial charge in [0.1, 0.15) is 5.69 Å². The number of carbonyl (C=O) groups is 3. The van der Waals surface area contributed by atoms with Gasteiger partial charge in [-0.25, -0.2) is 0 Å². The molecule has 0 radical (unpaired) electrons. The van der Waals surface area contributed by atoms with Crippen LogP contribution in [0.5, 0.6) is 0 Å². The zero-order chi connectivity index (χ0) is 15.6. The van der Waals surface area contributed by atoms with Crippen molar-refractivity contribution in [1.29, 1.82) is 0 Å². The van der Waals surface area contributed by atoms with Gasteiger partial charge in [-0.05, 0) is 13.0 Å². The third kappa shape index (κ3) is 3.30. The van der Waals surface area contributed by atoms with E-state index >= 15 is 0 Å². The molecule has 1 unspecified atom stereocenters. The first kappa shape index (κ1) is 15.2. The van der Waals surface area contributed by atoms with Crippen molar-refractivity contribution in [1.82, 2.24) is 9.47 Å². The van der Waals surface area contributed by atoms with Crippen molar-refractivity contribution < 1.29 is 24.2 Å². The Hall–Kier alpha value is -2.15. The second kappa shape index (κ2) is 6.09. The lowest BCUT2D eigenvalue weighted by Crippen LogP contribution is -2.49. The van der Waals surface area contributed by atoms with Gasteiger partial charge in [-0.2, -0.15) is 0 Å². The number of morpholine rings is 1. The van der Waals surface area contributed by atoms with Crippen LogP contribution in [0.1, 0.15) is 34.2 Å². The summed E-state index contributed by atoms with van der Waals surface area (Å²) in [5.41, 5.74) is 0.835. The van der Waals surface area contributed by atoms with E-state index in [9.17, 15) is 14.4 Å². The van der Waals surface area contributed by atoms with Gasteiger partial charge in [0.05, 0.1) is 25.7 Å². The van der Waals surface area contributed by atoms with Gasteiger partial charge in [-0.15, -0.1) is 0 Å². The largest absolute Gasteiger partial charge is 0.481 e. The van der Waals surface area contributed by atoms with Gasteiger partial charge in [0.25, 0.3) is 5.91 Å². The van der Waals surface area contributed by atoms with E-state index in [1.54, 1.807) is 17.8 Å². The fourth-order valence-electron chi connectivity index (χ4n) is 2.41. The molecular formula is C14H18N2O5. The van der Waals surface area contributed by atoms with E-state index in [1.165, 1.54) is 17.9 Å². The molecule has 1 fully saturated rings. The van der Waals surface area contributed by atoms with E-state index < -0.39 is 12.0 Å². The number of carbonyl (C=O) groups excluding carboxylic acids is 2. The van der Waals surface area contributed by atoms with Crippen LogP contribution < -0.4 is 0 Å². The predicted molar refractivity (Wildman–Crippen MR) is 73.3 cm³/mol. The number of ketones is 1. The normalized spacial score (nSPS) is 18.6. The fourth-order valence-corrected chi connectivity index (χ4v) is 2.41. The van der Waals surface area contributed by atoms with E-state index in [0.717, 1.165) is 0 Å². The number of aliphatic carboxylic acids is 1. The summed E-state index contributed by atoms with van der Waals surface area (Å²) in [4.78, 5) is 36.4. The summed E-state index contributed by atoms with van der Waals surface area (Å²) in [5, 5.41) is 8.92. The molecule has 1 aromatic rings. The molecule has 1 amide bonds. The third-order valence-electron chi connectivity index (χ3n) is 3.53. The molecule has 0 bridgehead atoms. The molecule has 1 N–H and O–H groups in total. The zero-order valence-corrected chi connectivity index (χ0v) is 12.0. The second-order valence-corrected chi connectivity index (χ2v) is 5.11. The average Bonchev–Trinajstić information content (AvgIpc) is 2.80. The van der Waals surface area contributed by atoms with Gasteiger partial charge in [-0.1, -0.05) is 0 Å². The van der Waals surface area contributed by atoms with Crippen molar-refractivity contribution in [2.24, 2.45) is 7.05 Å². The highest BCUT2D eigenvalue weighted by atomic mass is 16.5. The number of rotatable bonds is 4. The molecule has 7 nitrogen and oxygen atoms in total. The number of carboxylic acids is 1. The first-order valence-corrected chi connectivity index (χ1v) is 6.68. The maximum Gasteiger partial charge on any atom is 0.305 e. The van der Waals surface area contributed by atoms with Crippen LogP contribution in [0.4, 0.5) is 0 Å². The molecule has 1 aliphatic heterocycles. The Morgan fingerprint density at radius 2 is 2.14 bits per heavy atom. The summed E-state index contributed by atoms with van der Waals surface area (Å²) in [6.07, 6.45) is 1.44. The summed E-state index contributed by atoms with van der Waals surface area (Å²) < 4.78 is 6.84. The molecule has 1 aromatic heterocycles. The van der Waals surface area contributed by atoms with E-state index in [4.69, 9.17) is 9.84 Å². The molecule has 0 saturated carbocycles. The van der Waals surface area contributed by atoms with E-state index in [-0.39, 0.29) is 24.7 Å². The molecule has 21 heavy (non-hydrogen) atoms. The predicted octanol–water partition coefficient (Wildman–Crippen LogP) is 0.543. The number of aryl methyl sites for hydroxylation is 1. The maximum absolute atomic E-state index is 12.6. The Kier molecular flexibility index (Phi) is 4.42. The SMILES string of the molecule is CC(=O)c1cc(C(=O)N2CCOCC2CC(=O)O)n(C)c1. The molecular weight excluding hydrogens is 276 g/mol. The quantitative estimate of drug-likeness (QED) is 0.819. The summed E-state index contributed by atoms with van der Waals surface area (Å²) >= 11 is 0. The Labute approximate surface area is 122 Å². The van der Waals surface area contributed by atoms with Crippen molar-refractivity contribution in [3.8, 4) is 0 Å². The zero-order valence-electron chi connectivity index (χ0n) is 12.0. The van der Waals surface area contributed by atoms with Gasteiger partial charge < -0.3 is 19.3 Å². The molecule has 2 heterocycles. The number of nitrogens with zero attached hydrogens (tertiary/aromatic N) is 2. The summed E-state index contributed by atoms with van der Waals surface area (Å²) in [7, 11) is 1.69. The average molecular weight is 294 g/mol. The first-order chi connectivity index (χ1) is 9.90. The number of Topliss-reactive ketones (excluding diaryl/α,β-unsaturated/α-hetero) is 1. The van der Waals surface area contributed by atoms with E-state index in [0.29, 0.717) is 24.4 Å². The van der Waals surface area contributed by atoms with Crippen LogP contribution in [-0.2, 0) is 16.6 Å². The summed E-state index contributed by atoms with van der Waals surface area (Å²) in [6, 6.07) is 1.05. The number of amides is 1. The van der Waals surface area contributed by atoms with Gasteiger partial charge in [-0.3, -0.25) is 14.4 Å². The van der Waals surface area contributed by atoms with Crippen LogP contribution in [0.15, 0.2) is 12.3 Å². The molecule has 0 aromatic carbocycles. The third-order valence-corrected chi connectivity index (χ3v) is 3.53. The molecule has 2 rings (SSSR count). The Balaban J connectivity index is 2.24. The molecule has 1 aliphatic rings. The van der Waals surface area contributed by atoms with Crippen molar-refractivity contribution in [3.63, 3.8) is 0 Å². The lowest BCUT2D eigenvalue weighted by Gasteiger charge is -2.34. The van der Waals surface area contributed by atoms with Gasteiger partial charge in [0.2, 0.25) is 0 Å². The van der Waals surface area contributed by atoms with Crippen molar-refractivity contribution in [2.75, 3.05) is 19.8 Å². The van der Waals surface area contributed by atoms with E-state index in [2.05, 4.69) is 0 Å². The Morgan fingerprint density at radius 1 is 1.43 bits per heavy atom. The van der Waals surface area contributed by atoms with Gasteiger partial charge in [0, 0.05) is 25.4 Å². The van der Waals surface area contributed by atoms with Crippen LogP contribution in [0.2, 0.25) is 0 Å². The van der Waals surface area contributed by atoms with Crippen LogP contribution in [-0.4, -0.2) is 58.0 Å². The standard InChI is InChI=1S/C14H18N2O5/c1-9(17)10-5-12(15(2)7-10)14(20)16-3-4-21-8-11(16)6-13(18)19/h5,7,11H,3-4,6,8H2,1-2H3,(H,18,19). The van der Waals surface area contributed by atoms with Crippen LogP contribution in [0.25, 0.3) is 0 Å². The highest BCUT2D eigenvalue weighted by molar-refractivity contribution is 5.99. The minimum absolute atomic E-state index is 0.117. The van der Waals surface area contributed by atoms with Crippen LogP contribution >= 0.6 is 0 Å². The van der Waals surface area contributed by atoms with Gasteiger partial charge in [0.15, 0.2) is 5.78 Å². The molecule has 1 saturated heterocycles. The molecule has 7 heteroatoms. The highest BCUT2D eigenvalue weighted by Gasteiger charge is 2.31. The monoisotopic (exact) mass is 294 g/mol. The molecule has 0 spiro atoms. The number of hydrogen-bond acceptors (Lipinski definition) is 4. The van der Waals surface area contributed by atoms with Crippen LogP contribution in [0.3, 0.4) is 0 Å². The van der Waals surface area contributed by atoms with E-state index in [1.807, 2.05) is 0 Å². The summed E-state index contributed by atoms with van der Waals surface area (Å²) in [6.45, 7) is 2.37. The Morgan fingerprint density at radius 3 is 2.71 bits per heavy atom. The number of carboxylic acid groups (broad SMARTS) is 1. The molecule has 114 valence electrons. The first-order valence-electron chi connectivity index (χ1n) is 6.68. The fraction of sp³-hybridized carbons (Fsp3) is 0.500. The number of hydrogen-bond donors (Lipinski definition) is 1.